The third-order valence-electron chi connectivity index (χ3n) is 9.01. The Bertz CT molecular complexity index is 1600. The van der Waals surface area contributed by atoms with Gasteiger partial charge in [0.15, 0.2) is 5.78 Å². The lowest BCUT2D eigenvalue weighted by atomic mass is 9.83. The van der Waals surface area contributed by atoms with Crippen LogP contribution < -0.4 is 10.6 Å². The molecule has 3 aliphatic heterocycles. The van der Waals surface area contributed by atoms with Gasteiger partial charge in [-0.3, -0.25) is 39.2 Å². The Morgan fingerprint density at radius 1 is 1.07 bits per heavy atom. The number of carbonyl (C=O) groups is 5. The molecule has 6 rings (SSSR count). The Labute approximate surface area is 259 Å². The van der Waals surface area contributed by atoms with Gasteiger partial charge in [-0.2, -0.15) is 0 Å². The summed E-state index contributed by atoms with van der Waals surface area (Å²) in [4.78, 5) is 71.0. The summed E-state index contributed by atoms with van der Waals surface area (Å²) in [7, 11) is 0. The third kappa shape index (κ3) is 6.29. The van der Waals surface area contributed by atoms with E-state index in [9.17, 15) is 34.2 Å². The molecule has 2 aromatic carbocycles. The summed E-state index contributed by atoms with van der Waals surface area (Å²) in [5, 5.41) is 26.2. The van der Waals surface area contributed by atoms with E-state index < -0.39 is 24.1 Å². The number of allylic oxidation sites excluding steroid dienone is 2. The Kier molecular flexibility index (Phi) is 8.59. The predicted molar refractivity (Wildman–Crippen MR) is 164 cm³/mol. The number of aliphatic imine (C=N–C) groups is 1. The number of ketones is 1. The first kappa shape index (κ1) is 30.4. The second-order valence-corrected chi connectivity index (χ2v) is 12.0. The standard InChI is InChI=1S/C33H35N5O7/c39-21-15-27(37(17-21)12-11-34-16-23-28(40)13-20(14-29(23)41)19-5-2-1-3-6-19)32(44)35-25-8-4-7-22-24(25)18-38(33(22)45)26-9-10-30(42)36-31(26)43/h1-8,16,20-21,26-27,39-40H,9-15,17-18H2,(H,35,44)(H,36,42,43)/t20?,21-,26?,27-/m0/s1. The number of likely N-dealkylation sites (tertiary alicyclic amines) is 1. The maximum absolute atomic E-state index is 13.4. The number of piperidine rings is 1. The molecule has 234 valence electrons. The average Bonchev–Trinajstić information content (AvgIpc) is 3.56. The number of aliphatic hydroxyl groups is 2. The van der Waals surface area contributed by atoms with Crippen LogP contribution in [0, 0.1) is 0 Å². The van der Waals surface area contributed by atoms with Gasteiger partial charge in [-0.1, -0.05) is 36.4 Å². The number of aliphatic hydroxyl groups excluding tert-OH is 2. The number of nitrogens with zero attached hydrogens (tertiary/aromatic N) is 3. The maximum atomic E-state index is 13.4. The van der Waals surface area contributed by atoms with Crippen molar-refractivity contribution in [2.45, 2.75) is 62.8 Å². The molecule has 4 N–H and O–H groups in total. The lowest BCUT2D eigenvalue weighted by molar-refractivity contribution is -0.137. The van der Waals surface area contributed by atoms with Gasteiger partial charge < -0.3 is 20.4 Å². The van der Waals surface area contributed by atoms with Crippen LogP contribution in [-0.4, -0.2) is 93.5 Å². The van der Waals surface area contributed by atoms with Crippen LogP contribution in [0.25, 0.3) is 0 Å². The zero-order valence-electron chi connectivity index (χ0n) is 24.6. The van der Waals surface area contributed by atoms with Gasteiger partial charge in [-0.25, -0.2) is 0 Å². The molecule has 1 aliphatic carbocycles. The smallest absolute Gasteiger partial charge is 0.255 e. The second-order valence-electron chi connectivity index (χ2n) is 12.0. The Morgan fingerprint density at radius 2 is 1.87 bits per heavy atom. The van der Waals surface area contributed by atoms with Crippen LogP contribution in [0.15, 0.2) is 64.9 Å². The number of hydrogen-bond acceptors (Lipinski definition) is 9. The van der Waals surface area contributed by atoms with Gasteiger partial charge in [0, 0.05) is 61.9 Å². The minimum absolute atomic E-state index is 0.0164. The summed E-state index contributed by atoms with van der Waals surface area (Å²) in [5.74, 6) is -1.78. The van der Waals surface area contributed by atoms with Crippen molar-refractivity contribution in [2.75, 3.05) is 25.0 Å². The number of hydrogen-bond donors (Lipinski definition) is 4. The Hall–Kier alpha value is -4.68. The molecule has 4 amide bonds. The van der Waals surface area contributed by atoms with Gasteiger partial charge in [0.1, 0.15) is 11.8 Å². The number of Topliss-reactive ketones (excluding diaryl/α,β-unsaturated/α-hetero) is 1. The molecule has 2 unspecified atom stereocenters. The number of anilines is 1. The van der Waals surface area contributed by atoms with E-state index in [-0.39, 0.29) is 86.1 Å². The fourth-order valence-corrected chi connectivity index (χ4v) is 6.68. The number of amides is 4. The van der Waals surface area contributed by atoms with Crippen LogP contribution in [0.3, 0.4) is 0 Å². The highest BCUT2D eigenvalue weighted by Crippen LogP contribution is 2.34. The SMILES string of the molecule is O=C1CCC(N2Cc3c(NC(=O)[C@@H]4C[C@H](O)CN4CCN=CC4=C(O)CC(c5ccccc5)CC4=O)cccc3C2=O)C(=O)N1. The molecule has 0 aromatic heterocycles. The summed E-state index contributed by atoms with van der Waals surface area (Å²) in [6, 6.07) is 13.2. The molecule has 12 heteroatoms. The zero-order valence-corrected chi connectivity index (χ0v) is 24.6. The zero-order chi connectivity index (χ0) is 31.7. The molecule has 4 atom stereocenters. The van der Waals surface area contributed by atoms with Gasteiger partial charge in [-0.05, 0) is 36.5 Å². The minimum atomic E-state index is -0.765. The molecule has 2 saturated heterocycles. The van der Waals surface area contributed by atoms with Gasteiger partial charge in [0.05, 0.1) is 24.3 Å². The van der Waals surface area contributed by atoms with E-state index in [0.29, 0.717) is 29.8 Å². The summed E-state index contributed by atoms with van der Waals surface area (Å²) >= 11 is 0. The molecule has 3 heterocycles. The van der Waals surface area contributed by atoms with Crippen molar-refractivity contribution >= 4 is 41.3 Å². The largest absolute Gasteiger partial charge is 0.511 e. The van der Waals surface area contributed by atoms with Gasteiger partial charge >= 0.3 is 0 Å². The highest BCUT2D eigenvalue weighted by molar-refractivity contribution is 6.14. The van der Waals surface area contributed by atoms with E-state index in [2.05, 4.69) is 15.6 Å². The molecule has 4 aliphatic rings. The van der Waals surface area contributed by atoms with Gasteiger partial charge in [0.2, 0.25) is 17.7 Å². The Balaban J connectivity index is 1.08. The highest BCUT2D eigenvalue weighted by Gasteiger charge is 2.41. The first-order valence-corrected chi connectivity index (χ1v) is 15.2. The van der Waals surface area contributed by atoms with Gasteiger partial charge in [0.25, 0.3) is 5.91 Å². The van der Waals surface area contributed by atoms with Crippen molar-refractivity contribution in [3.63, 3.8) is 0 Å². The van der Waals surface area contributed by atoms with Crippen LogP contribution in [0.4, 0.5) is 5.69 Å². The maximum Gasteiger partial charge on any atom is 0.255 e. The normalized spacial score (nSPS) is 25.7. The minimum Gasteiger partial charge on any atom is -0.511 e. The van der Waals surface area contributed by atoms with Crippen molar-refractivity contribution in [2.24, 2.45) is 4.99 Å². The molecule has 2 fully saturated rings. The van der Waals surface area contributed by atoms with Crippen LogP contribution in [-0.2, 0) is 25.7 Å². The van der Waals surface area contributed by atoms with Crippen molar-refractivity contribution in [1.82, 2.24) is 15.1 Å². The van der Waals surface area contributed by atoms with Crippen molar-refractivity contribution in [3.05, 3.63) is 76.6 Å². The molecule has 0 spiro atoms. The fraction of sp³-hybridized carbons (Fsp3) is 0.394. The second kappa shape index (κ2) is 12.7. The van der Waals surface area contributed by atoms with Crippen molar-refractivity contribution < 1.29 is 34.2 Å². The molecule has 0 saturated carbocycles. The summed E-state index contributed by atoms with van der Waals surface area (Å²) in [6.45, 7) is 0.984. The van der Waals surface area contributed by atoms with Crippen LogP contribution in [0.5, 0.6) is 0 Å². The lowest BCUT2D eigenvalue weighted by Gasteiger charge is -2.29. The monoisotopic (exact) mass is 613 g/mol. The quantitative estimate of drug-likeness (QED) is 0.258. The highest BCUT2D eigenvalue weighted by atomic mass is 16.3. The molecular weight excluding hydrogens is 578 g/mol. The number of carbonyl (C=O) groups excluding carboxylic acids is 5. The number of β-amino-alcohol motifs (C(OH)–C–C–N with tert-alkyl or cyclic N) is 1. The van der Waals surface area contributed by atoms with E-state index in [1.807, 2.05) is 35.2 Å². The fourth-order valence-electron chi connectivity index (χ4n) is 6.68. The number of rotatable bonds is 8. The van der Waals surface area contributed by atoms with Crippen LogP contribution >= 0.6 is 0 Å². The van der Waals surface area contributed by atoms with Crippen molar-refractivity contribution in [3.8, 4) is 0 Å². The third-order valence-corrected chi connectivity index (χ3v) is 9.01. The van der Waals surface area contributed by atoms with E-state index >= 15 is 0 Å². The van der Waals surface area contributed by atoms with E-state index in [1.165, 1.54) is 11.1 Å². The van der Waals surface area contributed by atoms with E-state index in [1.54, 1.807) is 18.2 Å². The number of fused-ring (bicyclic) bond motifs is 1. The number of benzene rings is 2. The molecule has 12 nitrogen and oxygen atoms in total. The van der Waals surface area contributed by atoms with E-state index in [0.717, 1.165) is 5.56 Å². The number of imide groups is 1. The summed E-state index contributed by atoms with van der Waals surface area (Å²) < 4.78 is 0. The summed E-state index contributed by atoms with van der Waals surface area (Å²) in [6.07, 6.45) is 1.94. The van der Waals surface area contributed by atoms with E-state index in [4.69, 9.17) is 0 Å². The Morgan fingerprint density at radius 3 is 2.62 bits per heavy atom. The lowest BCUT2D eigenvalue weighted by Crippen LogP contribution is -2.52. The van der Waals surface area contributed by atoms with Crippen LogP contribution in [0.2, 0.25) is 0 Å². The first-order chi connectivity index (χ1) is 21.7. The van der Waals surface area contributed by atoms with Gasteiger partial charge in [-0.15, -0.1) is 0 Å². The molecule has 2 aromatic rings. The first-order valence-electron chi connectivity index (χ1n) is 15.2. The topological polar surface area (TPSA) is 169 Å². The number of nitrogens with one attached hydrogen (secondary N) is 2. The molecule has 0 radical (unpaired) electrons. The molecular formula is C33H35N5O7. The van der Waals surface area contributed by atoms with Crippen LogP contribution in [0.1, 0.15) is 59.5 Å². The average molecular weight is 614 g/mol. The molecule has 45 heavy (non-hydrogen) atoms. The summed E-state index contributed by atoms with van der Waals surface area (Å²) in [5.41, 5.74) is 2.64. The molecule has 0 bridgehead atoms. The predicted octanol–water partition coefficient (Wildman–Crippen LogP) is 1.85. The van der Waals surface area contributed by atoms with Crippen molar-refractivity contribution in [1.29, 1.82) is 0 Å².